The zero-order valence-corrected chi connectivity index (χ0v) is 14.8. The fourth-order valence-electron chi connectivity index (χ4n) is 3.47. The van der Waals surface area contributed by atoms with Crippen LogP contribution in [-0.2, 0) is 0 Å². The number of H-pyrrole nitrogens is 1. The first-order valence-corrected chi connectivity index (χ1v) is 8.68. The predicted octanol–water partition coefficient (Wildman–Crippen LogP) is 5.09. The lowest BCUT2D eigenvalue weighted by atomic mass is 9.95. The standard InChI is InChI=1S/C22H21N3O/c1-14-11-12-23-20(13-14)25-22(17-8-4-6-10-19(17)26)21-15(2)24-18-9-5-3-7-16(18)21/h3-13,22,24,26H,1-2H3,(H,23,25)/t22-/m1/s1. The lowest BCUT2D eigenvalue weighted by Crippen LogP contribution is -2.14. The van der Waals surface area contributed by atoms with E-state index in [1.165, 1.54) is 0 Å². The molecule has 0 aliphatic rings. The smallest absolute Gasteiger partial charge is 0.126 e. The molecule has 130 valence electrons. The van der Waals surface area contributed by atoms with Crippen molar-refractivity contribution in [2.45, 2.75) is 19.9 Å². The molecule has 0 bridgehead atoms. The third-order valence-electron chi connectivity index (χ3n) is 4.69. The monoisotopic (exact) mass is 343 g/mol. The van der Waals surface area contributed by atoms with Crippen molar-refractivity contribution >= 4 is 16.7 Å². The summed E-state index contributed by atoms with van der Waals surface area (Å²) in [6, 6.07) is 19.4. The molecule has 1 atom stereocenters. The number of phenolic OH excluding ortho intramolecular Hbond substituents is 1. The predicted molar refractivity (Wildman–Crippen MR) is 106 cm³/mol. The maximum absolute atomic E-state index is 10.5. The van der Waals surface area contributed by atoms with E-state index < -0.39 is 0 Å². The zero-order chi connectivity index (χ0) is 18.1. The van der Waals surface area contributed by atoms with E-state index in [2.05, 4.69) is 34.3 Å². The van der Waals surface area contributed by atoms with Gasteiger partial charge in [-0.15, -0.1) is 0 Å². The number of hydrogen-bond acceptors (Lipinski definition) is 3. The molecule has 0 saturated heterocycles. The van der Waals surface area contributed by atoms with Crippen molar-refractivity contribution in [2.75, 3.05) is 5.32 Å². The number of fused-ring (bicyclic) bond motifs is 1. The highest BCUT2D eigenvalue weighted by Crippen LogP contribution is 2.37. The molecule has 0 fully saturated rings. The summed E-state index contributed by atoms with van der Waals surface area (Å²) in [5.74, 6) is 1.05. The third-order valence-corrected chi connectivity index (χ3v) is 4.69. The van der Waals surface area contributed by atoms with Crippen LogP contribution in [0.5, 0.6) is 5.75 Å². The number of nitrogens with zero attached hydrogens (tertiary/aromatic N) is 1. The van der Waals surface area contributed by atoms with Crippen LogP contribution >= 0.6 is 0 Å². The first kappa shape index (κ1) is 16.2. The first-order valence-electron chi connectivity index (χ1n) is 8.68. The third kappa shape index (κ3) is 2.90. The van der Waals surface area contributed by atoms with Gasteiger partial charge in [0, 0.05) is 33.9 Å². The normalized spacial score (nSPS) is 12.2. The summed E-state index contributed by atoms with van der Waals surface area (Å²) in [5.41, 5.74) is 5.22. The average Bonchev–Trinajstić information content (AvgIpc) is 2.96. The zero-order valence-electron chi connectivity index (χ0n) is 14.8. The minimum Gasteiger partial charge on any atom is -0.508 e. The highest BCUT2D eigenvalue weighted by molar-refractivity contribution is 5.86. The Bertz CT molecular complexity index is 1070. The second kappa shape index (κ2) is 6.56. The molecule has 2 heterocycles. The molecule has 0 amide bonds. The summed E-state index contributed by atoms with van der Waals surface area (Å²) < 4.78 is 0. The molecule has 0 saturated carbocycles. The molecule has 4 heteroatoms. The second-order valence-corrected chi connectivity index (χ2v) is 6.56. The van der Waals surface area contributed by atoms with Crippen LogP contribution in [-0.4, -0.2) is 15.1 Å². The minimum absolute atomic E-state index is 0.221. The highest BCUT2D eigenvalue weighted by Gasteiger charge is 2.23. The molecule has 4 nitrogen and oxygen atoms in total. The van der Waals surface area contributed by atoms with Gasteiger partial charge < -0.3 is 15.4 Å². The molecule has 3 N–H and O–H groups in total. The SMILES string of the molecule is Cc1ccnc(N[C@H](c2ccccc2O)c2c(C)[nH]c3ccccc23)c1. The Morgan fingerprint density at radius 3 is 2.58 bits per heavy atom. The van der Waals surface area contributed by atoms with Crippen LogP contribution in [0.15, 0.2) is 66.9 Å². The molecule has 0 aliphatic heterocycles. The van der Waals surface area contributed by atoms with Crippen LogP contribution in [0.2, 0.25) is 0 Å². The maximum atomic E-state index is 10.5. The summed E-state index contributed by atoms with van der Waals surface area (Å²) in [6.07, 6.45) is 1.79. The Morgan fingerprint density at radius 2 is 1.77 bits per heavy atom. The van der Waals surface area contributed by atoms with Crippen molar-refractivity contribution in [3.05, 3.63) is 89.2 Å². The Labute approximate surface area is 152 Å². The molecule has 0 radical (unpaired) electrons. The molecule has 4 rings (SSSR count). The number of aromatic amines is 1. The van der Waals surface area contributed by atoms with E-state index in [0.29, 0.717) is 0 Å². The average molecular weight is 343 g/mol. The van der Waals surface area contributed by atoms with Gasteiger partial charge >= 0.3 is 0 Å². The Morgan fingerprint density at radius 1 is 1.00 bits per heavy atom. The lowest BCUT2D eigenvalue weighted by Gasteiger charge is -2.22. The van der Waals surface area contributed by atoms with Crippen LogP contribution in [0.4, 0.5) is 5.82 Å². The van der Waals surface area contributed by atoms with Gasteiger partial charge in [-0.25, -0.2) is 4.98 Å². The second-order valence-electron chi connectivity index (χ2n) is 6.56. The van der Waals surface area contributed by atoms with Gasteiger partial charge in [0.05, 0.1) is 6.04 Å². The van der Waals surface area contributed by atoms with Gasteiger partial charge in [0.2, 0.25) is 0 Å². The molecule has 2 aromatic carbocycles. The first-order chi connectivity index (χ1) is 12.6. The highest BCUT2D eigenvalue weighted by atomic mass is 16.3. The number of nitrogens with one attached hydrogen (secondary N) is 2. The van der Waals surface area contributed by atoms with Crippen LogP contribution < -0.4 is 5.32 Å². The molecular weight excluding hydrogens is 322 g/mol. The summed E-state index contributed by atoms with van der Waals surface area (Å²) >= 11 is 0. The van der Waals surface area contributed by atoms with E-state index >= 15 is 0 Å². The summed E-state index contributed by atoms with van der Waals surface area (Å²) in [5, 5.41) is 15.2. The number of hydrogen-bond donors (Lipinski definition) is 3. The van der Waals surface area contributed by atoms with Gasteiger partial charge in [-0.05, 0) is 43.7 Å². The van der Waals surface area contributed by atoms with E-state index in [0.717, 1.165) is 39.1 Å². The molecule has 4 aromatic rings. The number of anilines is 1. The summed E-state index contributed by atoms with van der Waals surface area (Å²) in [6.45, 7) is 4.10. The molecule has 26 heavy (non-hydrogen) atoms. The fourth-order valence-corrected chi connectivity index (χ4v) is 3.47. The van der Waals surface area contributed by atoms with Gasteiger partial charge in [0.1, 0.15) is 11.6 Å². The Kier molecular flexibility index (Phi) is 4.09. The van der Waals surface area contributed by atoms with Crippen molar-refractivity contribution in [3.63, 3.8) is 0 Å². The number of rotatable bonds is 4. The lowest BCUT2D eigenvalue weighted by molar-refractivity contribution is 0.466. The topological polar surface area (TPSA) is 60.9 Å². The molecule has 0 aliphatic carbocycles. The number of pyridine rings is 1. The maximum Gasteiger partial charge on any atom is 0.126 e. The Hall–Kier alpha value is -3.27. The van der Waals surface area contributed by atoms with Gasteiger partial charge in [-0.3, -0.25) is 0 Å². The van der Waals surface area contributed by atoms with E-state index in [1.54, 1.807) is 12.3 Å². The minimum atomic E-state index is -0.221. The van der Waals surface area contributed by atoms with Crippen molar-refractivity contribution in [1.82, 2.24) is 9.97 Å². The van der Waals surface area contributed by atoms with Crippen molar-refractivity contribution < 1.29 is 5.11 Å². The Balaban J connectivity index is 1.90. The van der Waals surface area contributed by atoms with Gasteiger partial charge in [0.15, 0.2) is 0 Å². The van der Waals surface area contributed by atoms with Crippen molar-refractivity contribution in [1.29, 1.82) is 0 Å². The molecule has 0 spiro atoms. The number of phenols is 1. The molecule has 2 aromatic heterocycles. The van der Waals surface area contributed by atoms with Crippen LogP contribution in [0.1, 0.15) is 28.4 Å². The van der Waals surface area contributed by atoms with E-state index in [9.17, 15) is 5.11 Å². The fraction of sp³-hybridized carbons (Fsp3) is 0.136. The van der Waals surface area contributed by atoms with Gasteiger partial charge in [-0.2, -0.15) is 0 Å². The van der Waals surface area contributed by atoms with Crippen molar-refractivity contribution in [3.8, 4) is 5.75 Å². The number of para-hydroxylation sites is 2. The van der Waals surface area contributed by atoms with E-state index in [4.69, 9.17) is 0 Å². The number of aromatic nitrogens is 2. The largest absolute Gasteiger partial charge is 0.508 e. The van der Waals surface area contributed by atoms with Gasteiger partial charge in [-0.1, -0.05) is 36.4 Å². The van der Waals surface area contributed by atoms with E-state index in [-0.39, 0.29) is 11.8 Å². The number of aromatic hydroxyl groups is 1. The summed E-state index contributed by atoms with van der Waals surface area (Å²) in [4.78, 5) is 7.90. The number of aryl methyl sites for hydroxylation is 2. The van der Waals surface area contributed by atoms with Crippen LogP contribution in [0.25, 0.3) is 10.9 Å². The van der Waals surface area contributed by atoms with E-state index in [1.807, 2.05) is 49.4 Å². The van der Waals surface area contributed by atoms with Crippen LogP contribution in [0.3, 0.4) is 0 Å². The molecule has 0 unspecified atom stereocenters. The van der Waals surface area contributed by atoms with Crippen LogP contribution in [0, 0.1) is 13.8 Å². The molecular formula is C22H21N3O. The number of benzene rings is 2. The van der Waals surface area contributed by atoms with Crippen molar-refractivity contribution in [2.24, 2.45) is 0 Å². The summed E-state index contributed by atoms with van der Waals surface area (Å²) in [7, 11) is 0. The van der Waals surface area contributed by atoms with Gasteiger partial charge in [0.25, 0.3) is 0 Å². The quantitative estimate of drug-likeness (QED) is 0.484.